The highest BCUT2D eigenvalue weighted by Gasteiger charge is 2.15. The van der Waals surface area contributed by atoms with Gasteiger partial charge in [0.1, 0.15) is 5.70 Å². The minimum atomic E-state index is -0.396. The number of hydrogen-bond acceptors (Lipinski definition) is 4. The highest BCUT2D eigenvalue weighted by Crippen LogP contribution is 2.17. The number of para-hydroxylation sites is 2. The van der Waals surface area contributed by atoms with Crippen molar-refractivity contribution < 1.29 is 9.59 Å². The first-order chi connectivity index (χ1) is 17.6. The Bertz CT molecular complexity index is 1350. The molecule has 0 fully saturated rings. The van der Waals surface area contributed by atoms with E-state index in [2.05, 4.69) is 21.3 Å². The first-order valence-corrected chi connectivity index (χ1v) is 12.5. The van der Waals surface area contributed by atoms with Crippen LogP contribution in [0.1, 0.15) is 20.8 Å². The zero-order chi connectivity index (χ0) is 25.2. The van der Waals surface area contributed by atoms with Gasteiger partial charge in [-0.2, -0.15) is 0 Å². The molecule has 0 saturated carbocycles. The van der Waals surface area contributed by atoms with Gasteiger partial charge in [-0.3, -0.25) is 9.59 Å². The smallest absolute Gasteiger partial charge is 0.268 e. The molecule has 6 nitrogen and oxygen atoms in total. The van der Waals surface area contributed by atoms with Crippen LogP contribution in [0.15, 0.2) is 108 Å². The summed E-state index contributed by atoms with van der Waals surface area (Å²) >= 11 is 6.93. The number of hydrogen-bond donors (Lipinski definition) is 4. The van der Waals surface area contributed by atoms with Crippen molar-refractivity contribution in [3.05, 3.63) is 124 Å². The van der Waals surface area contributed by atoms with Crippen LogP contribution in [0, 0.1) is 0 Å². The lowest BCUT2D eigenvalue weighted by Gasteiger charge is -2.15. The number of benzene rings is 3. The average Bonchev–Trinajstić information content (AvgIpc) is 3.42. The van der Waals surface area contributed by atoms with Gasteiger partial charge in [0.05, 0.1) is 0 Å². The molecule has 4 aromatic rings. The summed E-state index contributed by atoms with van der Waals surface area (Å²) in [7, 11) is 0. The Morgan fingerprint density at radius 1 is 0.806 bits per heavy atom. The van der Waals surface area contributed by atoms with E-state index in [4.69, 9.17) is 12.2 Å². The van der Waals surface area contributed by atoms with E-state index in [-0.39, 0.29) is 18.1 Å². The fourth-order valence-corrected chi connectivity index (χ4v) is 4.22. The van der Waals surface area contributed by atoms with Crippen LogP contribution in [0.4, 0.5) is 11.4 Å². The maximum absolute atomic E-state index is 13.1. The van der Waals surface area contributed by atoms with E-state index in [1.54, 1.807) is 30.3 Å². The van der Waals surface area contributed by atoms with Crippen LogP contribution in [-0.4, -0.2) is 16.9 Å². The first-order valence-electron chi connectivity index (χ1n) is 11.2. The zero-order valence-corrected chi connectivity index (χ0v) is 20.9. The van der Waals surface area contributed by atoms with Gasteiger partial charge < -0.3 is 21.3 Å². The highest BCUT2D eigenvalue weighted by atomic mass is 32.1. The second-order valence-electron chi connectivity index (χ2n) is 7.68. The van der Waals surface area contributed by atoms with Crippen LogP contribution in [0.2, 0.25) is 0 Å². The normalized spacial score (nSPS) is 10.8. The Morgan fingerprint density at radius 2 is 1.50 bits per heavy atom. The Balaban J connectivity index is 1.44. The molecule has 0 bridgehead atoms. The van der Waals surface area contributed by atoms with E-state index in [1.165, 1.54) is 11.3 Å². The molecular weight excluding hydrogens is 488 g/mol. The molecule has 0 saturated heterocycles. The third kappa shape index (κ3) is 7.11. The van der Waals surface area contributed by atoms with Crippen LogP contribution in [0.5, 0.6) is 0 Å². The molecule has 0 aliphatic rings. The van der Waals surface area contributed by atoms with Gasteiger partial charge >= 0.3 is 0 Å². The van der Waals surface area contributed by atoms with Crippen molar-refractivity contribution in [3.8, 4) is 0 Å². The fraction of sp³-hybridized carbons (Fsp3) is 0.0357. The standard InChI is InChI=1S/C28H24N4O2S2/c33-26(20-10-3-1-4-11-20)31-25(18-23-15-9-17-36-23)27(34)29-19-21-12-7-8-16-24(21)32-28(35)30-22-13-5-2-6-14-22/h1-18H,19H2,(H,29,34)(H,31,33)(H2,30,32,35)/b25-18+. The van der Waals surface area contributed by atoms with Crippen molar-refractivity contribution >= 4 is 57.9 Å². The SMILES string of the molecule is O=C(NCc1ccccc1NC(=S)Nc1ccccc1)/C(=C\c1cccs1)NC(=O)c1ccccc1. The Morgan fingerprint density at radius 3 is 2.22 bits per heavy atom. The molecule has 0 atom stereocenters. The summed E-state index contributed by atoms with van der Waals surface area (Å²) in [6, 6.07) is 29.7. The molecule has 1 aromatic heterocycles. The summed E-state index contributed by atoms with van der Waals surface area (Å²) in [4.78, 5) is 26.7. The molecule has 36 heavy (non-hydrogen) atoms. The molecule has 180 valence electrons. The van der Waals surface area contributed by atoms with Crippen LogP contribution in [0.3, 0.4) is 0 Å². The van der Waals surface area contributed by atoms with E-state index < -0.39 is 5.91 Å². The fourth-order valence-electron chi connectivity index (χ4n) is 3.33. The average molecular weight is 513 g/mol. The number of thiophene rings is 1. The topological polar surface area (TPSA) is 82.3 Å². The summed E-state index contributed by atoms with van der Waals surface area (Å²) in [6.07, 6.45) is 1.67. The van der Waals surface area contributed by atoms with E-state index in [0.29, 0.717) is 10.7 Å². The second-order valence-corrected chi connectivity index (χ2v) is 9.07. The van der Waals surface area contributed by atoms with Gasteiger partial charge in [-0.25, -0.2) is 0 Å². The minimum Gasteiger partial charge on any atom is -0.347 e. The number of rotatable bonds is 8. The molecule has 0 aliphatic heterocycles. The molecular formula is C28H24N4O2S2. The summed E-state index contributed by atoms with van der Waals surface area (Å²) < 4.78 is 0. The van der Waals surface area contributed by atoms with Gasteiger partial charge in [0, 0.05) is 28.4 Å². The monoisotopic (exact) mass is 512 g/mol. The number of nitrogens with one attached hydrogen (secondary N) is 4. The molecule has 2 amide bonds. The van der Waals surface area contributed by atoms with Crippen molar-refractivity contribution in [2.24, 2.45) is 0 Å². The van der Waals surface area contributed by atoms with E-state index in [0.717, 1.165) is 21.8 Å². The molecule has 1 heterocycles. The minimum absolute atomic E-state index is 0.165. The molecule has 0 aliphatic carbocycles. The second kappa shape index (κ2) is 12.4. The van der Waals surface area contributed by atoms with Crippen LogP contribution in [0.25, 0.3) is 6.08 Å². The predicted octanol–water partition coefficient (Wildman–Crippen LogP) is 5.64. The van der Waals surface area contributed by atoms with E-state index >= 15 is 0 Å². The van der Waals surface area contributed by atoms with Crippen LogP contribution >= 0.6 is 23.6 Å². The Labute approximate surface area is 219 Å². The largest absolute Gasteiger partial charge is 0.347 e. The van der Waals surface area contributed by atoms with Crippen molar-refractivity contribution in [2.45, 2.75) is 6.54 Å². The van der Waals surface area contributed by atoms with Gasteiger partial charge in [0.15, 0.2) is 5.11 Å². The van der Waals surface area contributed by atoms with E-state index in [1.807, 2.05) is 78.2 Å². The Kier molecular flexibility index (Phi) is 8.58. The number of carbonyl (C=O) groups is 2. The number of thiocarbonyl (C=S) groups is 1. The lowest BCUT2D eigenvalue weighted by atomic mass is 10.1. The lowest BCUT2D eigenvalue weighted by Crippen LogP contribution is -2.34. The van der Waals surface area contributed by atoms with Crippen LogP contribution in [-0.2, 0) is 11.3 Å². The zero-order valence-electron chi connectivity index (χ0n) is 19.2. The van der Waals surface area contributed by atoms with Gasteiger partial charge in [0.25, 0.3) is 11.8 Å². The third-order valence-corrected chi connectivity index (χ3v) is 6.12. The quantitative estimate of drug-likeness (QED) is 0.181. The van der Waals surface area contributed by atoms with Gasteiger partial charge in [-0.1, -0.05) is 60.7 Å². The lowest BCUT2D eigenvalue weighted by molar-refractivity contribution is -0.117. The summed E-state index contributed by atoms with van der Waals surface area (Å²) in [5.41, 5.74) is 3.11. The third-order valence-electron chi connectivity index (χ3n) is 5.10. The summed E-state index contributed by atoms with van der Waals surface area (Å²) in [5.74, 6) is -0.750. The first kappa shape index (κ1) is 24.8. The number of anilines is 2. The summed E-state index contributed by atoms with van der Waals surface area (Å²) in [5, 5.41) is 14.3. The molecule has 8 heteroatoms. The molecule has 0 unspecified atom stereocenters. The molecule has 4 rings (SSSR count). The predicted molar refractivity (Wildman–Crippen MR) is 151 cm³/mol. The molecule has 3 aromatic carbocycles. The van der Waals surface area contributed by atoms with Crippen molar-refractivity contribution in [2.75, 3.05) is 10.6 Å². The maximum Gasteiger partial charge on any atom is 0.268 e. The van der Waals surface area contributed by atoms with Crippen molar-refractivity contribution in [1.29, 1.82) is 0 Å². The van der Waals surface area contributed by atoms with Crippen molar-refractivity contribution in [3.63, 3.8) is 0 Å². The number of carbonyl (C=O) groups excluding carboxylic acids is 2. The molecule has 4 N–H and O–H groups in total. The molecule has 0 radical (unpaired) electrons. The number of amides is 2. The van der Waals surface area contributed by atoms with Crippen LogP contribution < -0.4 is 21.3 Å². The maximum atomic E-state index is 13.1. The van der Waals surface area contributed by atoms with Gasteiger partial charge in [-0.05, 0) is 65.6 Å². The van der Waals surface area contributed by atoms with Gasteiger partial charge in [-0.15, -0.1) is 11.3 Å². The Hall–Kier alpha value is -4.27. The summed E-state index contributed by atoms with van der Waals surface area (Å²) in [6.45, 7) is 0.235. The van der Waals surface area contributed by atoms with E-state index in [9.17, 15) is 9.59 Å². The highest BCUT2D eigenvalue weighted by molar-refractivity contribution is 7.80. The van der Waals surface area contributed by atoms with Crippen molar-refractivity contribution in [1.82, 2.24) is 10.6 Å². The van der Waals surface area contributed by atoms with Gasteiger partial charge in [0.2, 0.25) is 0 Å². The molecule has 0 spiro atoms.